The van der Waals surface area contributed by atoms with Gasteiger partial charge >= 0.3 is 0 Å². The van der Waals surface area contributed by atoms with E-state index in [0.29, 0.717) is 28.3 Å². The van der Waals surface area contributed by atoms with Crippen LogP contribution >= 0.6 is 11.8 Å². The molecule has 6 nitrogen and oxygen atoms in total. The topological polar surface area (TPSA) is 87.7 Å². The van der Waals surface area contributed by atoms with Crippen molar-refractivity contribution in [3.05, 3.63) is 99.7 Å². The highest BCUT2D eigenvalue weighted by Gasteiger charge is 2.14. The molecular formula is C26H24N4O2S. The van der Waals surface area contributed by atoms with E-state index >= 15 is 0 Å². The quantitative estimate of drug-likeness (QED) is 0.422. The average Bonchev–Trinajstić information content (AvgIpc) is 2.80. The van der Waals surface area contributed by atoms with Crippen LogP contribution in [0, 0.1) is 20.8 Å². The number of carbonyl (C=O) groups excluding carboxylic acids is 1. The van der Waals surface area contributed by atoms with Crippen molar-refractivity contribution in [1.82, 2.24) is 15.0 Å². The Kier molecular flexibility index (Phi) is 6.70. The molecule has 0 aliphatic heterocycles. The number of H-pyrrole nitrogens is 1. The molecule has 0 aliphatic carbocycles. The molecule has 0 aliphatic rings. The van der Waals surface area contributed by atoms with Crippen LogP contribution in [-0.2, 0) is 11.2 Å². The van der Waals surface area contributed by atoms with Crippen molar-refractivity contribution >= 4 is 23.4 Å². The molecule has 0 unspecified atom stereocenters. The van der Waals surface area contributed by atoms with Crippen LogP contribution in [0.1, 0.15) is 22.4 Å². The molecule has 0 saturated heterocycles. The van der Waals surface area contributed by atoms with Crippen LogP contribution in [0.3, 0.4) is 0 Å². The maximum Gasteiger partial charge on any atom is 0.255 e. The van der Waals surface area contributed by atoms with Gasteiger partial charge in [-0.2, -0.15) is 0 Å². The van der Waals surface area contributed by atoms with Gasteiger partial charge in [-0.3, -0.25) is 14.6 Å². The van der Waals surface area contributed by atoms with E-state index < -0.39 is 0 Å². The van der Waals surface area contributed by atoms with Gasteiger partial charge in [0.2, 0.25) is 5.91 Å². The number of anilines is 1. The number of hydrogen-bond acceptors (Lipinski definition) is 5. The van der Waals surface area contributed by atoms with Crippen LogP contribution in [0.4, 0.5) is 5.69 Å². The SMILES string of the molecule is Cc1ccc(Sc2ccc(NC(=O)Cc3c(C)nc(-c4cccnc4)[nH]c3=O)cc2)c(C)c1. The molecule has 2 aromatic carbocycles. The molecule has 0 radical (unpaired) electrons. The lowest BCUT2D eigenvalue weighted by atomic mass is 10.1. The van der Waals surface area contributed by atoms with Crippen molar-refractivity contribution in [3.63, 3.8) is 0 Å². The van der Waals surface area contributed by atoms with E-state index in [-0.39, 0.29) is 17.9 Å². The lowest BCUT2D eigenvalue weighted by Gasteiger charge is -2.10. The van der Waals surface area contributed by atoms with Crippen molar-refractivity contribution in [2.75, 3.05) is 5.32 Å². The van der Waals surface area contributed by atoms with Gasteiger partial charge in [-0.1, -0.05) is 29.5 Å². The number of pyridine rings is 1. The minimum absolute atomic E-state index is 0.0550. The lowest BCUT2D eigenvalue weighted by Crippen LogP contribution is -2.23. The molecule has 0 saturated carbocycles. The molecule has 0 bridgehead atoms. The Morgan fingerprint density at radius 3 is 2.52 bits per heavy atom. The van der Waals surface area contributed by atoms with Crippen molar-refractivity contribution in [2.24, 2.45) is 0 Å². The van der Waals surface area contributed by atoms with Crippen molar-refractivity contribution in [2.45, 2.75) is 37.0 Å². The second-order valence-electron chi connectivity index (χ2n) is 7.84. The highest BCUT2D eigenvalue weighted by Crippen LogP contribution is 2.31. The summed E-state index contributed by atoms with van der Waals surface area (Å²) >= 11 is 1.69. The number of aromatic nitrogens is 3. The fourth-order valence-corrected chi connectivity index (χ4v) is 4.35. The van der Waals surface area contributed by atoms with Gasteiger partial charge in [-0.25, -0.2) is 4.98 Å². The van der Waals surface area contributed by atoms with E-state index in [9.17, 15) is 9.59 Å². The van der Waals surface area contributed by atoms with Gasteiger partial charge in [0.1, 0.15) is 5.82 Å². The van der Waals surface area contributed by atoms with Crippen LogP contribution < -0.4 is 10.9 Å². The summed E-state index contributed by atoms with van der Waals surface area (Å²) in [6, 6.07) is 17.7. The minimum Gasteiger partial charge on any atom is -0.326 e. The van der Waals surface area contributed by atoms with E-state index in [0.717, 1.165) is 4.90 Å². The molecular weight excluding hydrogens is 432 g/mol. The average molecular weight is 457 g/mol. The normalized spacial score (nSPS) is 10.8. The standard InChI is InChI=1S/C26H24N4O2S/c1-16-6-11-23(17(2)13-16)33-21-9-7-20(8-10-21)29-24(31)14-22-18(3)28-25(30-26(22)32)19-5-4-12-27-15-19/h4-13,15H,14H2,1-3H3,(H,29,31)(H,28,30,32). The Morgan fingerprint density at radius 1 is 1.06 bits per heavy atom. The third-order valence-electron chi connectivity index (χ3n) is 5.19. The summed E-state index contributed by atoms with van der Waals surface area (Å²) in [5, 5.41) is 2.86. The van der Waals surface area contributed by atoms with Crippen molar-refractivity contribution in [1.29, 1.82) is 0 Å². The first-order chi connectivity index (χ1) is 15.9. The number of hydrogen-bond donors (Lipinski definition) is 2. The molecule has 0 atom stereocenters. The number of nitrogens with zero attached hydrogens (tertiary/aromatic N) is 2. The molecule has 166 valence electrons. The zero-order valence-corrected chi connectivity index (χ0v) is 19.5. The highest BCUT2D eigenvalue weighted by atomic mass is 32.2. The summed E-state index contributed by atoms with van der Waals surface area (Å²) < 4.78 is 0. The van der Waals surface area contributed by atoms with Crippen molar-refractivity contribution < 1.29 is 4.79 Å². The molecule has 0 fully saturated rings. The smallest absolute Gasteiger partial charge is 0.255 e. The Hall–Kier alpha value is -3.71. The molecule has 33 heavy (non-hydrogen) atoms. The van der Waals surface area contributed by atoms with Gasteiger partial charge < -0.3 is 10.3 Å². The van der Waals surface area contributed by atoms with E-state index in [1.807, 2.05) is 30.3 Å². The second kappa shape index (κ2) is 9.83. The zero-order chi connectivity index (χ0) is 23.4. The fourth-order valence-electron chi connectivity index (χ4n) is 3.47. The van der Waals surface area contributed by atoms with Crippen LogP contribution in [0.5, 0.6) is 0 Å². The summed E-state index contributed by atoms with van der Waals surface area (Å²) in [5.74, 6) is 0.168. The highest BCUT2D eigenvalue weighted by molar-refractivity contribution is 7.99. The maximum absolute atomic E-state index is 12.6. The molecule has 0 spiro atoms. The van der Waals surface area contributed by atoms with Crippen LogP contribution in [0.25, 0.3) is 11.4 Å². The van der Waals surface area contributed by atoms with Gasteiger partial charge in [0.25, 0.3) is 5.56 Å². The predicted molar refractivity (Wildman–Crippen MR) is 132 cm³/mol. The van der Waals surface area contributed by atoms with Crippen LogP contribution in [0.15, 0.2) is 81.6 Å². The maximum atomic E-state index is 12.6. The minimum atomic E-state index is -0.322. The van der Waals surface area contributed by atoms with E-state index in [4.69, 9.17) is 0 Å². The third kappa shape index (κ3) is 5.56. The fraction of sp³-hybridized carbons (Fsp3) is 0.154. The molecule has 2 aromatic heterocycles. The van der Waals surface area contributed by atoms with Gasteiger partial charge in [-0.15, -0.1) is 0 Å². The van der Waals surface area contributed by atoms with E-state index in [1.54, 1.807) is 37.1 Å². The van der Waals surface area contributed by atoms with E-state index in [1.165, 1.54) is 16.0 Å². The first-order valence-electron chi connectivity index (χ1n) is 10.5. The number of aryl methyl sites for hydroxylation is 3. The number of rotatable bonds is 6. The Morgan fingerprint density at radius 2 is 1.85 bits per heavy atom. The molecule has 1 amide bonds. The molecule has 4 aromatic rings. The summed E-state index contributed by atoms with van der Waals surface area (Å²) in [5.41, 5.74) is 4.42. The molecule has 7 heteroatoms. The Bertz CT molecular complexity index is 1350. The van der Waals surface area contributed by atoms with Gasteiger partial charge in [0.05, 0.1) is 6.42 Å². The molecule has 2 heterocycles. The van der Waals surface area contributed by atoms with Gasteiger partial charge in [0.15, 0.2) is 0 Å². The van der Waals surface area contributed by atoms with Crippen molar-refractivity contribution in [3.8, 4) is 11.4 Å². The second-order valence-corrected chi connectivity index (χ2v) is 8.96. The summed E-state index contributed by atoms with van der Waals surface area (Å²) in [6.45, 7) is 5.92. The van der Waals surface area contributed by atoms with E-state index in [2.05, 4.69) is 52.3 Å². The number of nitrogens with one attached hydrogen (secondary N) is 2. The van der Waals surface area contributed by atoms with Gasteiger partial charge in [0, 0.05) is 44.7 Å². The first kappa shape index (κ1) is 22.5. The largest absolute Gasteiger partial charge is 0.326 e. The predicted octanol–water partition coefficient (Wildman–Crippen LogP) is 5.09. The summed E-state index contributed by atoms with van der Waals surface area (Å²) in [4.78, 5) is 38.7. The lowest BCUT2D eigenvalue weighted by molar-refractivity contribution is -0.115. The van der Waals surface area contributed by atoms with Gasteiger partial charge in [-0.05, 0) is 68.8 Å². The number of carbonyl (C=O) groups is 1. The number of aromatic amines is 1. The van der Waals surface area contributed by atoms with Crippen LogP contribution in [-0.4, -0.2) is 20.9 Å². The van der Waals surface area contributed by atoms with Crippen LogP contribution in [0.2, 0.25) is 0 Å². The number of benzene rings is 2. The number of amides is 1. The summed E-state index contributed by atoms with van der Waals surface area (Å²) in [6.07, 6.45) is 3.23. The third-order valence-corrected chi connectivity index (χ3v) is 6.38. The Labute approximate surface area is 196 Å². The molecule has 4 rings (SSSR count). The zero-order valence-electron chi connectivity index (χ0n) is 18.7. The summed E-state index contributed by atoms with van der Waals surface area (Å²) in [7, 11) is 0. The Balaban J connectivity index is 1.42. The molecule has 2 N–H and O–H groups in total. The first-order valence-corrected chi connectivity index (χ1v) is 11.4. The monoisotopic (exact) mass is 456 g/mol.